The molecular weight excluding hydrogens is 803 g/mol. The number of alkyl halides is 2. The van der Waals surface area contributed by atoms with Gasteiger partial charge in [-0.3, -0.25) is 0 Å². The second kappa shape index (κ2) is 25.5. The molecule has 0 aromatic heterocycles. The third-order valence-electron chi connectivity index (χ3n) is 5.41. The van der Waals surface area contributed by atoms with E-state index in [4.69, 9.17) is 45.2 Å². The molecule has 0 atom stereocenters. The molecule has 23 heteroatoms. The number of ether oxygens (including phenoxy) is 2. The molecule has 0 spiro atoms. The first-order chi connectivity index (χ1) is 24.1. The summed E-state index contributed by atoms with van der Waals surface area (Å²) in [5.74, 6) is -1.19. The Labute approximate surface area is 331 Å². The number of aliphatic imine (C=N–C) groups is 2. The van der Waals surface area contributed by atoms with Crippen molar-refractivity contribution >= 4 is 113 Å². The topological polar surface area (TPSA) is 264 Å². The predicted molar refractivity (Wildman–Crippen MR) is 193 cm³/mol. The number of hydrogen-bond donors (Lipinski definition) is 4. The monoisotopic (exact) mass is 834 g/mol. The number of hydrogen-bond acceptors (Lipinski definition) is 14. The van der Waals surface area contributed by atoms with Crippen LogP contribution in [-0.4, -0.2) is 106 Å². The molecule has 4 N–H and O–H groups in total. The number of nitrogens with zero attached hydrogens (tertiary/aromatic N) is 4. The molecule has 0 saturated carbocycles. The van der Waals surface area contributed by atoms with Crippen molar-refractivity contribution < 1.29 is 51.5 Å². The average Bonchev–Trinajstić information content (AvgIpc) is 3.08. The molecule has 3 rings (SSSR count). The van der Waals surface area contributed by atoms with E-state index >= 15 is 0 Å². The molecule has 0 amide bonds. The molecule has 0 radical (unpaired) electrons. The van der Waals surface area contributed by atoms with Gasteiger partial charge in [-0.15, -0.1) is 28.3 Å². The Balaban J connectivity index is 0.000000757. The Bertz CT molecular complexity index is 1750. The van der Waals surface area contributed by atoms with Crippen LogP contribution in [0.25, 0.3) is 0 Å². The van der Waals surface area contributed by atoms with Crippen LogP contribution in [0.5, 0.6) is 5.75 Å². The van der Waals surface area contributed by atoms with Gasteiger partial charge < -0.3 is 29.9 Å². The standard InChI is InChI=1S/2C11H15ClN2O4S.C7H5ClN2O3.Mg/c2*1-2-18-11(15)14-9-3-5-10(6-4-9)19(16,17)13-8-7-12;8-10-9-4-1-2-5(7(12)13)6(11)3-4;/h2*3-6,13H,2,7-8H2,1H3,(H,14,15);1-3,11H,(H,12,13);/q;;;+2/p-2. The molecule has 17 nitrogen and oxygen atoms in total. The largest absolute Gasteiger partial charge is 2.00 e. The minimum Gasteiger partial charge on any atom is -0.600 e. The average molecular weight is 836 g/mol. The molecule has 3 aromatic rings. The van der Waals surface area contributed by atoms with Gasteiger partial charge in [-0.25, -0.2) is 41.1 Å². The summed E-state index contributed by atoms with van der Waals surface area (Å²) in [5.41, 5.74) is 0.760. The summed E-state index contributed by atoms with van der Waals surface area (Å²) in [7, 11) is -7.14. The number of phenols is 1. The van der Waals surface area contributed by atoms with Gasteiger partial charge in [-0.1, -0.05) is 18.5 Å². The molecule has 3 aromatic carbocycles. The van der Waals surface area contributed by atoms with Crippen molar-refractivity contribution in [1.82, 2.24) is 9.44 Å². The van der Waals surface area contributed by atoms with Gasteiger partial charge >= 0.3 is 29.0 Å². The smallest absolute Gasteiger partial charge is 0.600 e. The van der Waals surface area contributed by atoms with Crippen LogP contribution in [0, 0.1) is 0 Å². The van der Waals surface area contributed by atoms with E-state index in [1.807, 2.05) is 0 Å². The number of halogens is 3. The number of carbonyl (C=O) groups is 1. The Morgan fingerprint density at radius 3 is 1.44 bits per heavy atom. The maximum absolute atomic E-state index is 11.7. The van der Waals surface area contributed by atoms with Crippen LogP contribution in [0.1, 0.15) is 24.2 Å². The summed E-state index contributed by atoms with van der Waals surface area (Å²) < 4.78 is 63.8. The molecular formula is C29H33Cl3MgN6O11S2. The third-order valence-corrected chi connectivity index (χ3v) is 8.82. The first kappa shape index (κ1) is 48.5. The van der Waals surface area contributed by atoms with Gasteiger partial charge in [-0.2, -0.15) is 0 Å². The fourth-order valence-corrected chi connectivity index (χ4v) is 5.81. The van der Waals surface area contributed by atoms with Crippen molar-refractivity contribution in [2.24, 2.45) is 19.7 Å². The third kappa shape index (κ3) is 18.3. The number of rotatable bonds is 14. The minimum atomic E-state index is -3.57. The Morgan fingerprint density at radius 2 is 1.13 bits per heavy atom. The van der Waals surface area contributed by atoms with Crippen LogP contribution >= 0.6 is 35.0 Å². The quantitative estimate of drug-likeness (QED) is 0.0603. The van der Waals surface area contributed by atoms with Crippen LogP contribution in [0.4, 0.5) is 17.1 Å². The normalized spacial score (nSPS) is 11.7. The van der Waals surface area contributed by atoms with Crippen molar-refractivity contribution in [3.05, 3.63) is 72.3 Å². The van der Waals surface area contributed by atoms with E-state index in [1.54, 1.807) is 13.8 Å². The molecule has 280 valence electrons. The molecule has 0 bridgehead atoms. The van der Waals surface area contributed by atoms with Gasteiger partial charge in [0.1, 0.15) is 11.3 Å². The maximum atomic E-state index is 11.7. The number of aromatic carboxylic acids is 1. The Kier molecular flexibility index (Phi) is 23.8. The molecule has 0 fully saturated rings. The number of aromatic hydroxyl groups is 1. The summed E-state index contributed by atoms with van der Waals surface area (Å²) in [4.78, 5) is 17.9. The van der Waals surface area contributed by atoms with E-state index in [2.05, 4.69) is 38.7 Å². The number of nitrogens with one attached hydrogen (secondary N) is 2. The van der Waals surface area contributed by atoms with Crippen molar-refractivity contribution in [3.8, 4) is 5.75 Å². The van der Waals surface area contributed by atoms with Gasteiger partial charge in [0.15, 0.2) is 12.2 Å². The summed E-state index contributed by atoms with van der Waals surface area (Å²) >= 11 is 15.8. The predicted octanol–water partition coefficient (Wildman–Crippen LogP) is 3.12. The van der Waals surface area contributed by atoms with Crippen molar-refractivity contribution in [3.63, 3.8) is 0 Å². The zero-order chi connectivity index (χ0) is 38.5. The fourth-order valence-electron chi connectivity index (χ4n) is 3.24. The zero-order valence-corrected chi connectivity index (χ0v) is 32.9. The van der Waals surface area contributed by atoms with E-state index in [1.165, 1.54) is 60.7 Å². The van der Waals surface area contributed by atoms with Gasteiger partial charge in [0, 0.05) is 30.9 Å². The van der Waals surface area contributed by atoms with E-state index < -0.39 is 38.2 Å². The SMILES string of the molecule is CCOC([O-])=Nc1ccc(S(=O)(=O)NCCCl)cc1.CCOC([O-])=Nc1ccc(S(=O)(=O)NCCCl)cc1.O=C(O)c1ccc(N=NCl)cc1O.[Mg+2]. The first-order valence-corrected chi connectivity index (χ1v) is 18.7. The summed E-state index contributed by atoms with van der Waals surface area (Å²) in [5, 5.41) is 43.3. The molecule has 0 aliphatic heterocycles. The van der Waals surface area contributed by atoms with Crippen molar-refractivity contribution in [1.29, 1.82) is 0 Å². The molecule has 0 aliphatic rings. The maximum Gasteiger partial charge on any atom is 2.00 e. The van der Waals surface area contributed by atoms with Gasteiger partial charge in [0.2, 0.25) is 20.0 Å². The van der Waals surface area contributed by atoms with E-state index in [0.29, 0.717) is 11.4 Å². The number of carboxylic acids is 1. The molecule has 52 heavy (non-hydrogen) atoms. The second-order valence-corrected chi connectivity index (χ2v) is 13.4. The molecule has 0 aliphatic carbocycles. The van der Waals surface area contributed by atoms with E-state index in [9.17, 15) is 31.8 Å². The molecule has 0 heterocycles. The van der Waals surface area contributed by atoms with E-state index in [-0.39, 0.29) is 87.9 Å². The molecule has 0 saturated heterocycles. The second-order valence-electron chi connectivity index (χ2n) is 8.96. The summed E-state index contributed by atoms with van der Waals surface area (Å²) in [6, 6.07) is 14.9. The molecule has 0 unspecified atom stereocenters. The van der Waals surface area contributed by atoms with Crippen molar-refractivity contribution in [2.45, 2.75) is 23.6 Å². The van der Waals surface area contributed by atoms with Gasteiger partial charge in [0.25, 0.3) is 0 Å². The Morgan fingerprint density at radius 1 is 0.750 bits per heavy atom. The Hall–Kier alpha value is -3.47. The van der Waals surface area contributed by atoms with Crippen LogP contribution in [0.15, 0.2) is 96.3 Å². The van der Waals surface area contributed by atoms with Crippen LogP contribution in [0.2, 0.25) is 0 Å². The van der Waals surface area contributed by atoms with Crippen molar-refractivity contribution in [2.75, 3.05) is 38.1 Å². The number of benzene rings is 3. The van der Waals surface area contributed by atoms with E-state index in [0.717, 1.165) is 6.07 Å². The zero-order valence-electron chi connectivity index (χ0n) is 27.6. The fraction of sp³-hybridized carbons (Fsp3) is 0.276. The van der Waals surface area contributed by atoms with Crippen LogP contribution in [-0.2, 0) is 29.5 Å². The van der Waals surface area contributed by atoms with Crippen LogP contribution in [0.3, 0.4) is 0 Å². The summed E-state index contributed by atoms with van der Waals surface area (Å²) in [6.45, 7) is 4.11. The van der Waals surface area contributed by atoms with Crippen LogP contribution < -0.4 is 19.7 Å². The summed E-state index contributed by atoms with van der Waals surface area (Å²) in [6.07, 6.45) is -1.42. The first-order valence-electron chi connectivity index (χ1n) is 14.3. The number of carboxylic acid groups (broad SMARTS) is 1. The number of sulfonamides is 2. The van der Waals surface area contributed by atoms with Gasteiger partial charge in [0.05, 0.1) is 38.6 Å². The van der Waals surface area contributed by atoms with Gasteiger partial charge in [-0.05, 0) is 73.9 Å². The minimum absolute atomic E-state index is 0.